The highest BCUT2D eigenvalue weighted by Crippen LogP contribution is 2.51. The van der Waals surface area contributed by atoms with Gasteiger partial charge in [0.05, 0.1) is 52.4 Å². The van der Waals surface area contributed by atoms with Crippen LogP contribution in [0.4, 0.5) is 5.95 Å². The van der Waals surface area contributed by atoms with Gasteiger partial charge in [-0.05, 0) is 68.7 Å². The molecule has 0 radical (unpaired) electrons. The zero-order chi connectivity index (χ0) is 40.2. The molecule has 0 bridgehead atoms. The second-order valence-electron chi connectivity index (χ2n) is 14.1. The third kappa shape index (κ3) is 10.2. The number of rotatable bonds is 19. The lowest BCUT2D eigenvalue weighted by molar-refractivity contribution is -0.0917. The van der Waals surface area contributed by atoms with E-state index in [1.165, 1.54) is 6.07 Å². The van der Waals surface area contributed by atoms with Crippen LogP contribution in [0.25, 0.3) is 0 Å². The molecule has 3 aromatic carbocycles. The summed E-state index contributed by atoms with van der Waals surface area (Å²) in [5, 5.41) is 9.36. The quantitative estimate of drug-likeness (QED) is 0.0309. The van der Waals surface area contributed by atoms with Gasteiger partial charge in [-0.2, -0.15) is 10.2 Å². The summed E-state index contributed by atoms with van der Waals surface area (Å²) in [4.78, 5) is 22.9. The molecule has 0 saturated carbocycles. The number of hydrogen-bond donors (Lipinski definition) is 0. The van der Waals surface area contributed by atoms with Crippen molar-refractivity contribution in [2.45, 2.75) is 76.7 Å². The molecule has 1 aliphatic rings. The van der Waals surface area contributed by atoms with Crippen LogP contribution >= 0.6 is 8.53 Å². The molecule has 1 fully saturated rings. The molecule has 5 rings (SSSR count). The summed E-state index contributed by atoms with van der Waals surface area (Å²) in [7, 11) is 5.32. The molecule has 1 aliphatic heterocycles. The van der Waals surface area contributed by atoms with Crippen molar-refractivity contribution in [3.63, 3.8) is 0 Å². The maximum Gasteiger partial charge on any atom is 0.274 e. The van der Waals surface area contributed by atoms with E-state index in [9.17, 15) is 10.1 Å². The van der Waals surface area contributed by atoms with Crippen molar-refractivity contribution in [2.75, 3.05) is 41.5 Å². The van der Waals surface area contributed by atoms with Gasteiger partial charge in [0.15, 0.2) is 0 Å². The molecule has 56 heavy (non-hydrogen) atoms. The number of aromatic nitrogens is 2. The van der Waals surface area contributed by atoms with E-state index < -0.39 is 38.1 Å². The van der Waals surface area contributed by atoms with Crippen LogP contribution in [-0.4, -0.2) is 91.3 Å². The van der Waals surface area contributed by atoms with E-state index in [0.717, 1.165) is 16.7 Å². The number of aliphatic imine (C=N–C) groups is 1. The van der Waals surface area contributed by atoms with Crippen molar-refractivity contribution >= 4 is 20.8 Å². The fourth-order valence-electron chi connectivity index (χ4n) is 6.72. The molecular formula is C42H53N6O7P. The SMILES string of the molecule is COc1ccc(C(OC[C@H]2O[C@@H](n3ccc(=O)nc3/N=C\N(C)C)C[C@@H]2OP(OCCC#N)N(C(C)C)C(C)C)(c2ccccc2)c2ccc(OC)cc2)cc1. The van der Waals surface area contributed by atoms with Crippen molar-refractivity contribution in [1.29, 1.82) is 5.26 Å². The van der Waals surface area contributed by atoms with Crippen molar-refractivity contribution in [3.8, 4) is 17.6 Å². The molecule has 0 N–H and O–H groups in total. The number of ether oxygens (including phenoxy) is 4. The fourth-order valence-corrected chi connectivity index (χ4v) is 8.47. The Kier molecular flexibility index (Phi) is 15.1. The minimum atomic E-state index is -1.64. The smallest absolute Gasteiger partial charge is 0.274 e. The molecule has 14 heteroatoms. The maximum absolute atomic E-state index is 12.4. The normalized spacial score (nSPS) is 17.8. The van der Waals surface area contributed by atoms with E-state index >= 15 is 0 Å². The third-order valence-electron chi connectivity index (χ3n) is 9.24. The maximum atomic E-state index is 12.4. The predicted molar refractivity (Wildman–Crippen MR) is 217 cm³/mol. The van der Waals surface area contributed by atoms with Crippen LogP contribution in [0.5, 0.6) is 11.5 Å². The lowest BCUT2D eigenvalue weighted by Crippen LogP contribution is -2.39. The molecule has 13 nitrogen and oxygen atoms in total. The zero-order valence-corrected chi connectivity index (χ0v) is 34.3. The van der Waals surface area contributed by atoms with Crippen LogP contribution in [-0.2, 0) is 24.1 Å². The second-order valence-corrected chi connectivity index (χ2v) is 15.5. The van der Waals surface area contributed by atoms with E-state index in [4.69, 9.17) is 28.0 Å². The first-order valence-electron chi connectivity index (χ1n) is 18.7. The summed E-state index contributed by atoms with van der Waals surface area (Å²) in [5.74, 6) is 1.63. The summed E-state index contributed by atoms with van der Waals surface area (Å²) in [6.45, 7) is 8.69. The standard InChI is InChI=1S/C42H53N6O7P/c1-30(2)48(31(3)4)56(53-26-12-24-43)55-37-27-40(47-25-23-39(49)45-41(47)44-29-46(5)6)54-38(37)28-52-42(32-13-10-9-11-14-32,33-15-19-35(50-7)20-16-33)34-17-21-36(51-8)22-18-34/h9-11,13-23,25,29-31,37-38,40H,12,26-28H2,1-8H3/b44-29-/t37-,38+,40+,56?/m0/s1. The first-order chi connectivity index (χ1) is 27.0. The van der Waals surface area contributed by atoms with Gasteiger partial charge in [0.1, 0.15) is 29.4 Å². The lowest BCUT2D eigenvalue weighted by Gasteiger charge is -2.39. The molecule has 0 aliphatic carbocycles. The zero-order valence-electron chi connectivity index (χ0n) is 33.4. The van der Waals surface area contributed by atoms with Gasteiger partial charge >= 0.3 is 0 Å². The Morgan fingerprint density at radius 1 is 0.946 bits per heavy atom. The summed E-state index contributed by atoms with van der Waals surface area (Å²) in [6.07, 6.45) is 2.04. The van der Waals surface area contributed by atoms with Crippen LogP contribution in [0.3, 0.4) is 0 Å². The van der Waals surface area contributed by atoms with E-state index in [1.807, 2.05) is 93.0 Å². The van der Waals surface area contributed by atoms with Gasteiger partial charge in [-0.25, -0.2) is 9.66 Å². The molecular weight excluding hydrogens is 731 g/mol. The Morgan fingerprint density at radius 2 is 1.54 bits per heavy atom. The Labute approximate surface area is 331 Å². The predicted octanol–water partition coefficient (Wildman–Crippen LogP) is 7.44. The number of nitriles is 1. The first kappa shape index (κ1) is 42.5. The fraction of sp³-hybridized carbons (Fsp3) is 0.429. The Bertz CT molecular complexity index is 1900. The van der Waals surface area contributed by atoms with Crippen LogP contribution in [0.2, 0.25) is 0 Å². The molecule has 0 amide bonds. The summed E-state index contributed by atoms with van der Waals surface area (Å²) in [5.41, 5.74) is 1.13. The van der Waals surface area contributed by atoms with Gasteiger partial charge in [0, 0.05) is 44.9 Å². The Balaban J connectivity index is 1.62. The molecule has 1 saturated heterocycles. The Hall–Kier alpha value is -4.67. The van der Waals surface area contributed by atoms with Crippen molar-refractivity contribution in [1.82, 2.24) is 19.1 Å². The van der Waals surface area contributed by atoms with Gasteiger partial charge < -0.3 is 32.9 Å². The first-order valence-corrected chi connectivity index (χ1v) is 19.8. The average Bonchev–Trinajstić information content (AvgIpc) is 3.59. The highest BCUT2D eigenvalue weighted by atomic mass is 31.2. The van der Waals surface area contributed by atoms with Gasteiger partial charge in [0.25, 0.3) is 14.1 Å². The van der Waals surface area contributed by atoms with E-state index in [1.54, 1.807) is 36.2 Å². The van der Waals surface area contributed by atoms with Crippen LogP contribution in [0.15, 0.2) is 101 Å². The van der Waals surface area contributed by atoms with Crippen molar-refractivity contribution in [3.05, 3.63) is 118 Å². The van der Waals surface area contributed by atoms with Crippen molar-refractivity contribution < 1.29 is 28.0 Å². The number of nitrogens with zero attached hydrogens (tertiary/aromatic N) is 6. The summed E-state index contributed by atoms with van der Waals surface area (Å²) in [6, 6.07) is 29.5. The summed E-state index contributed by atoms with van der Waals surface area (Å²) >= 11 is 0. The van der Waals surface area contributed by atoms with Crippen LogP contribution in [0, 0.1) is 11.3 Å². The third-order valence-corrected chi connectivity index (χ3v) is 11.4. The van der Waals surface area contributed by atoms with E-state index in [0.29, 0.717) is 17.9 Å². The largest absolute Gasteiger partial charge is 0.497 e. The molecule has 2 heterocycles. The minimum absolute atomic E-state index is 0.0852. The van der Waals surface area contributed by atoms with Gasteiger partial charge in [0.2, 0.25) is 5.95 Å². The lowest BCUT2D eigenvalue weighted by atomic mass is 9.80. The van der Waals surface area contributed by atoms with E-state index in [-0.39, 0.29) is 37.7 Å². The molecule has 298 valence electrons. The van der Waals surface area contributed by atoms with Crippen LogP contribution < -0.4 is 15.0 Å². The monoisotopic (exact) mass is 784 g/mol. The highest BCUT2D eigenvalue weighted by Gasteiger charge is 2.45. The Morgan fingerprint density at radius 3 is 2.07 bits per heavy atom. The average molecular weight is 785 g/mol. The molecule has 0 spiro atoms. The van der Waals surface area contributed by atoms with Gasteiger partial charge in [-0.1, -0.05) is 54.6 Å². The van der Waals surface area contributed by atoms with E-state index in [2.05, 4.69) is 48.4 Å². The molecule has 4 atom stereocenters. The van der Waals surface area contributed by atoms with Gasteiger partial charge in [-0.15, -0.1) is 0 Å². The number of hydrogen-bond acceptors (Lipinski definition) is 11. The molecule has 1 aromatic heterocycles. The number of methoxy groups -OCH3 is 2. The second kappa shape index (κ2) is 20.0. The molecule has 4 aromatic rings. The van der Waals surface area contributed by atoms with Crippen LogP contribution in [0.1, 0.15) is 63.5 Å². The summed E-state index contributed by atoms with van der Waals surface area (Å²) < 4.78 is 42.5. The highest BCUT2D eigenvalue weighted by molar-refractivity contribution is 7.44. The molecule has 1 unspecified atom stereocenters. The minimum Gasteiger partial charge on any atom is -0.497 e. The van der Waals surface area contributed by atoms with Crippen molar-refractivity contribution in [2.24, 2.45) is 4.99 Å². The topological polar surface area (TPSA) is 133 Å². The number of benzene rings is 3. The van der Waals surface area contributed by atoms with Gasteiger partial charge in [-0.3, -0.25) is 9.36 Å².